The van der Waals surface area contributed by atoms with E-state index in [1.807, 2.05) is 12.1 Å². The summed E-state index contributed by atoms with van der Waals surface area (Å²) < 4.78 is 33.4. The number of benzene rings is 1. The van der Waals surface area contributed by atoms with Crippen LogP contribution in [0.3, 0.4) is 0 Å². The number of hydrogen-bond donors (Lipinski definition) is 1. The Bertz CT molecular complexity index is 1790. The average molecular weight is 538 g/mol. The summed E-state index contributed by atoms with van der Waals surface area (Å²) in [6, 6.07) is 10.5. The maximum absolute atomic E-state index is 13.2. The van der Waals surface area contributed by atoms with Crippen molar-refractivity contribution in [3.8, 4) is 11.6 Å². The maximum atomic E-state index is 13.2. The summed E-state index contributed by atoms with van der Waals surface area (Å²) in [4.78, 5) is 27.1. The van der Waals surface area contributed by atoms with Gasteiger partial charge < -0.3 is 15.1 Å². The Labute approximate surface area is 217 Å². The molecule has 2 N–H and O–H groups in total. The topological polar surface area (TPSA) is 150 Å². The number of nitrogen functional groups attached to an aromatic ring is 1. The minimum atomic E-state index is -3.22. The quantitative estimate of drug-likeness (QED) is 0.330. The van der Waals surface area contributed by atoms with Gasteiger partial charge in [-0.2, -0.15) is 9.50 Å². The summed E-state index contributed by atoms with van der Waals surface area (Å²) in [5.74, 6) is 0.990. The average Bonchev–Trinajstić information content (AvgIpc) is 3.63. The third-order valence-electron chi connectivity index (χ3n) is 6.96. The smallest absolute Gasteiger partial charge is 0.330 e. The first-order valence-corrected chi connectivity index (χ1v) is 14.0. The zero-order valence-electron chi connectivity index (χ0n) is 21.0. The largest absolute Gasteiger partial charge is 0.461 e. The van der Waals surface area contributed by atoms with Crippen molar-refractivity contribution in [3.05, 3.63) is 53.1 Å². The van der Waals surface area contributed by atoms with Gasteiger partial charge in [0.15, 0.2) is 26.9 Å². The molecule has 1 aliphatic heterocycles. The van der Waals surface area contributed by atoms with Crippen LogP contribution in [0.4, 0.5) is 11.6 Å². The van der Waals surface area contributed by atoms with Crippen LogP contribution in [0.2, 0.25) is 0 Å². The van der Waals surface area contributed by atoms with Crippen LogP contribution >= 0.6 is 0 Å². The van der Waals surface area contributed by atoms with Crippen LogP contribution in [0.15, 0.2) is 56.8 Å². The molecule has 0 saturated carbocycles. The number of sulfone groups is 1. The zero-order valence-corrected chi connectivity index (χ0v) is 21.8. The molecule has 1 aromatic carbocycles. The van der Waals surface area contributed by atoms with Gasteiger partial charge in [0.2, 0.25) is 11.8 Å². The van der Waals surface area contributed by atoms with E-state index < -0.39 is 9.84 Å². The van der Waals surface area contributed by atoms with E-state index in [1.165, 1.54) is 15.3 Å². The minimum Gasteiger partial charge on any atom is -0.461 e. The number of nitrogens with zero attached hydrogens (tertiary/aromatic N) is 8. The molecule has 1 aliphatic rings. The van der Waals surface area contributed by atoms with Crippen LogP contribution in [0.25, 0.3) is 28.4 Å². The van der Waals surface area contributed by atoms with E-state index in [0.717, 1.165) is 31.9 Å². The summed E-state index contributed by atoms with van der Waals surface area (Å²) in [5, 5.41) is 4.41. The molecule has 0 amide bonds. The standard InChI is InChI=1S/C24H27N9O4S/c1-29-19-21(27-23(25)33-22(19)26-20(28-33)18-4-3-15-37-18)32(24(29)34)14-11-30-9-12-31(13-10-30)16-5-7-17(8-6-16)38(2,35)36/h3-8,15H,9-14H2,1-2H3,(H2,25,27). The number of hydrogen-bond acceptors (Lipinski definition) is 10. The van der Waals surface area contributed by atoms with Crippen molar-refractivity contribution in [2.45, 2.75) is 11.4 Å². The van der Waals surface area contributed by atoms with Gasteiger partial charge in [-0.3, -0.25) is 14.0 Å². The molecule has 5 heterocycles. The summed E-state index contributed by atoms with van der Waals surface area (Å²) in [6.45, 7) is 4.32. The van der Waals surface area contributed by atoms with Crippen molar-refractivity contribution in [1.29, 1.82) is 0 Å². The molecule has 13 nitrogen and oxygen atoms in total. The number of imidazole rings is 1. The molecule has 1 fully saturated rings. The Balaban J connectivity index is 1.20. The van der Waals surface area contributed by atoms with E-state index in [1.54, 1.807) is 42.1 Å². The highest BCUT2D eigenvalue weighted by Gasteiger charge is 2.23. The lowest BCUT2D eigenvalue weighted by atomic mass is 10.2. The molecule has 5 aromatic rings. The lowest BCUT2D eigenvalue weighted by Crippen LogP contribution is -2.47. The van der Waals surface area contributed by atoms with Gasteiger partial charge in [0, 0.05) is 58.3 Å². The highest BCUT2D eigenvalue weighted by Crippen LogP contribution is 2.23. The van der Waals surface area contributed by atoms with E-state index in [4.69, 9.17) is 10.2 Å². The number of furan rings is 1. The summed E-state index contributed by atoms with van der Waals surface area (Å²) in [7, 11) is -1.53. The molecule has 4 aromatic heterocycles. The molecule has 38 heavy (non-hydrogen) atoms. The summed E-state index contributed by atoms with van der Waals surface area (Å²) in [6.07, 6.45) is 2.75. The van der Waals surface area contributed by atoms with Gasteiger partial charge in [-0.1, -0.05) is 0 Å². The van der Waals surface area contributed by atoms with E-state index >= 15 is 0 Å². The molecular formula is C24H27N9O4S. The van der Waals surface area contributed by atoms with Crippen LogP contribution in [-0.4, -0.2) is 81.0 Å². The first-order chi connectivity index (χ1) is 18.2. The molecule has 0 atom stereocenters. The Kier molecular flexibility index (Phi) is 5.72. The van der Waals surface area contributed by atoms with Crippen molar-refractivity contribution in [1.82, 2.24) is 33.6 Å². The minimum absolute atomic E-state index is 0.132. The fraction of sp³-hybridized carbons (Fsp3) is 0.333. The molecule has 0 spiro atoms. The third-order valence-corrected chi connectivity index (χ3v) is 8.09. The number of rotatable bonds is 6. The maximum Gasteiger partial charge on any atom is 0.330 e. The van der Waals surface area contributed by atoms with Crippen LogP contribution in [-0.2, 0) is 23.4 Å². The predicted octanol–water partition coefficient (Wildman–Crippen LogP) is 0.846. The number of fused-ring (bicyclic) bond motifs is 3. The lowest BCUT2D eigenvalue weighted by molar-refractivity contribution is 0.248. The first-order valence-electron chi connectivity index (χ1n) is 12.1. The van der Waals surface area contributed by atoms with Gasteiger partial charge in [-0.15, -0.1) is 5.10 Å². The molecule has 6 rings (SSSR count). The summed E-state index contributed by atoms with van der Waals surface area (Å²) in [5.41, 5.74) is 8.45. The summed E-state index contributed by atoms with van der Waals surface area (Å²) >= 11 is 0. The second kappa shape index (κ2) is 8.99. The molecule has 0 bridgehead atoms. The Hall–Kier alpha value is -4.17. The number of aryl methyl sites for hydroxylation is 1. The van der Waals surface area contributed by atoms with Gasteiger partial charge >= 0.3 is 5.69 Å². The second-order valence-electron chi connectivity index (χ2n) is 9.38. The van der Waals surface area contributed by atoms with E-state index in [0.29, 0.717) is 46.4 Å². The highest BCUT2D eigenvalue weighted by molar-refractivity contribution is 7.90. The Morgan fingerprint density at radius 3 is 2.39 bits per heavy atom. The molecule has 198 valence electrons. The Morgan fingerprint density at radius 2 is 1.74 bits per heavy atom. The molecule has 0 aliphatic carbocycles. The van der Waals surface area contributed by atoms with E-state index in [-0.39, 0.29) is 11.6 Å². The number of piperazine rings is 1. The number of anilines is 2. The van der Waals surface area contributed by atoms with Crippen molar-refractivity contribution < 1.29 is 12.8 Å². The zero-order chi connectivity index (χ0) is 26.6. The van der Waals surface area contributed by atoms with Gasteiger partial charge in [-0.05, 0) is 36.4 Å². The fourth-order valence-electron chi connectivity index (χ4n) is 4.88. The number of aromatic nitrogens is 6. The van der Waals surface area contributed by atoms with Crippen LogP contribution < -0.4 is 16.3 Å². The van der Waals surface area contributed by atoms with Crippen LogP contribution in [0.1, 0.15) is 0 Å². The monoisotopic (exact) mass is 537 g/mol. The molecule has 1 saturated heterocycles. The van der Waals surface area contributed by atoms with Gasteiger partial charge in [0.05, 0.1) is 11.2 Å². The predicted molar refractivity (Wildman–Crippen MR) is 142 cm³/mol. The van der Waals surface area contributed by atoms with Crippen LogP contribution in [0.5, 0.6) is 0 Å². The Morgan fingerprint density at radius 1 is 1.00 bits per heavy atom. The van der Waals surface area contributed by atoms with Gasteiger partial charge in [0.25, 0.3) is 0 Å². The molecule has 14 heteroatoms. The SMILES string of the molecule is Cn1c(=O)n(CCN2CCN(c3ccc(S(C)(=O)=O)cc3)CC2)c2nc(N)n3nc(-c4ccco4)nc3c21. The third kappa shape index (κ3) is 4.11. The molecular weight excluding hydrogens is 510 g/mol. The van der Waals surface area contributed by atoms with Crippen LogP contribution in [0, 0.1) is 0 Å². The molecule has 0 unspecified atom stereocenters. The van der Waals surface area contributed by atoms with E-state index in [9.17, 15) is 13.2 Å². The second-order valence-corrected chi connectivity index (χ2v) is 11.4. The number of nitrogens with two attached hydrogens (primary N) is 1. The van der Waals surface area contributed by atoms with Crippen molar-refractivity contribution >= 4 is 38.3 Å². The van der Waals surface area contributed by atoms with E-state index in [2.05, 4.69) is 24.9 Å². The van der Waals surface area contributed by atoms with Crippen molar-refractivity contribution in [2.75, 3.05) is 49.6 Å². The first kappa shape index (κ1) is 24.2. The van der Waals surface area contributed by atoms with Crippen molar-refractivity contribution in [2.24, 2.45) is 7.05 Å². The lowest BCUT2D eigenvalue weighted by Gasteiger charge is -2.36. The van der Waals surface area contributed by atoms with Gasteiger partial charge in [-0.25, -0.2) is 18.2 Å². The highest BCUT2D eigenvalue weighted by atomic mass is 32.2. The molecule has 0 radical (unpaired) electrons. The van der Waals surface area contributed by atoms with Crippen molar-refractivity contribution in [3.63, 3.8) is 0 Å². The normalized spacial score (nSPS) is 15.2. The fourth-order valence-corrected chi connectivity index (χ4v) is 5.51. The van der Waals surface area contributed by atoms with Gasteiger partial charge in [0.1, 0.15) is 5.52 Å².